The zero-order chi connectivity index (χ0) is 25.0. The number of carbonyl (C=O) groups is 2. The Bertz CT molecular complexity index is 1330. The Morgan fingerprint density at radius 3 is 2.29 bits per heavy atom. The number of hydrogen-bond donors (Lipinski definition) is 2. The maximum atomic E-state index is 13.1. The molecular weight excluding hydrogens is 462 g/mol. The molecule has 0 radical (unpaired) electrons. The van der Waals surface area contributed by atoms with Gasteiger partial charge in [0.25, 0.3) is 5.91 Å². The monoisotopic (exact) mass is 495 g/mol. The molecule has 0 bridgehead atoms. The molecule has 2 amide bonds. The molecule has 0 aliphatic heterocycles. The highest BCUT2D eigenvalue weighted by Gasteiger charge is 2.27. The fourth-order valence-electron chi connectivity index (χ4n) is 3.80. The molecule has 8 heteroatoms. The second kappa shape index (κ2) is 10.4. The van der Waals surface area contributed by atoms with Crippen molar-refractivity contribution in [2.24, 2.45) is 0 Å². The Balaban J connectivity index is 0.00000241. The first-order valence-corrected chi connectivity index (χ1v) is 13.1. The van der Waals surface area contributed by atoms with Gasteiger partial charge in [-0.25, -0.2) is 13.1 Å². The lowest BCUT2D eigenvalue weighted by atomic mass is 10.1. The van der Waals surface area contributed by atoms with Gasteiger partial charge in [-0.3, -0.25) is 9.59 Å². The van der Waals surface area contributed by atoms with Crippen molar-refractivity contribution in [3.05, 3.63) is 89.5 Å². The molecule has 0 spiro atoms. The molecule has 0 aromatic heterocycles. The second-order valence-corrected chi connectivity index (χ2v) is 10.4. The Labute approximate surface area is 209 Å². The van der Waals surface area contributed by atoms with Gasteiger partial charge in [-0.2, -0.15) is 0 Å². The summed E-state index contributed by atoms with van der Waals surface area (Å²) in [4.78, 5) is 27.6. The summed E-state index contributed by atoms with van der Waals surface area (Å²) in [6.07, 6.45) is 1.85. The van der Waals surface area contributed by atoms with Gasteiger partial charge in [0, 0.05) is 32.4 Å². The number of hydrogen-bond acceptors (Lipinski definition) is 4. The Hall–Kier alpha value is -3.49. The normalized spacial score (nSPS) is 13.3. The summed E-state index contributed by atoms with van der Waals surface area (Å²) >= 11 is 0. The van der Waals surface area contributed by atoms with E-state index in [0.717, 1.165) is 24.1 Å². The van der Waals surface area contributed by atoms with Crippen LogP contribution in [0.4, 0.5) is 11.4 Å². The number of aryl methyl sites for hydroxylation is 1. The van der Waals surface area contributed by atoms with Crippen LogP contribution in [0.2, 0.25) is 0 Å². The van der Waals surface area contributed by atoms with Crippen LogP contribution in [0.1, 0.15) is 44.1 Å². The van der Waals surface area contributed by atoms with Crippen LogP contribution < -0.4 is 14.9 Å². The molecule has 0 unspecified atom stereocenters. The molecule has 7 nitrogen and oxygen atoms in total. The number of benzene rings is 3. The van der Waals surface area contributed by atoms with Crippen molar-refractivity contribution in [3.8, 4) is 0 Å². The highest BCUT2D eigenvalue weighted by atomic mass is 32.2. The van der Waals surface area contributed by atoms with Crippen molar-refractivity contribution in [1.29, 1.82) is 0 Å². The van der Waals surface area contributed by atoms with Gasteiger partial charge in [-0.15, -0.1) is 0 Å². The predicted octanol–water partition coefficient (Wildman–Crippen LogP) is 4.78. The third-order valence-corrected chi connectivity index (χ3v) is 7.41. The molecule has 1 aliphatic carbocycles. The molecule has 4 rings (SSSR count). The number of rotatable bonds is 9. The summed E-state index contributed by atoms with van der Waals surface area (Å²) in [6, 6.07) is 21.1. The zero-order valence-electron chi connectivity index (χ0n) is 19.8. The summed E-state index contributed by atoms with van der Waals surface area (Å²) in [5.41, 5.74) is 3.49. The van der Waals surface area contributed by atoms with Crippen molar-refractivity contribution in [3.63, 3.8) is 0 Å². The summed E-state index contributed by atoms with van der Waals surface area (Å²) in [6.45, 7) is 4.31. The molecule has 3 aromatic carbocycles. The van der Waals surface area contributed by atoms with E-state index < -0.39 is 10.0 Å². The minimum absolute atomic E-state index is 0. The molecular formula is C27H33N3O4S. The van der Waals surface area contributed by atoms with E-state index in [1.54, 1.807) is 35.2 Å². The van der Waals surface area contributed by atoms with E-state index in [1.165, 1.54) is 12.1 Å². The third kappa shape index (κ3) is 6.15. The quantitative estimate of drug-likeness (QED) is 0.447. The van der Waals surface area contributed by atoms with Gasteiger partial charge in [0.15, 0.2) is 0 Å². The van der Waals surface area contributed by atoms with Gasteiger partial charge in [0.2, 0.25) is 15.9 Å². The van der Waals surface area contributed by atoms with Crippen LogP contribution in [0.5, 0.6) is 0 Å². The lowest BCUT2D eigenvalue weighted by molar-refractivity contribution is -0.115. The predicted molar refractivity (Wildman–Crippen MR) is 141 cm³/mol. The average molecular weight is 496 g/mol. The number of anilines is 2. The van der Waals surface area contributed by atoms with Gasteiger partial charge in [-0.05, 0) is 80.3 Å². The topological polar surface area (TPSA) is 95.6 Å². The van der Waals surface area contributed by atoms with E-state index in [4.69, 9.17) is 0 Å². The standard InChI is InChI=1S/C27H29N3O4S.2H2/c1-3-30(23-7-5-4-6-8-23)27(32)21-11-16-25(19(2)17-21)28-26(31)18-20-9-14-24(15-10-20)35(33,34)29-22-12-13-22;;/h4-11,14-17,22,29H,3,12-13,18H2,1-2H3,(H,28,31);2*1H. The summed E-state index contributed by atoms with van der Waals surface area (Å²) < 4.78 is 27.2. The smallest absolute Gasteiger partial charge is 0.258 e. The molecule has 0 heterocycles. The molecule has 1 aliphatic rings. The largest absolute Gasteiger partial charge is 0.326 e. The minimum Gasteiger partial charge on any atom is -0.326 e. The fourth-order valence-corrected chi connectivity index (χ4v) is 5.10. The van der Waals surface area contributed by atoms with E-state index in [2.05, 4.69) is 10.0 Å². The number of amides is 2. The highest BCUT2D eigenvalue weighted by molar-refractivity contribution is 7.89. The number of nitrogens with one attached hydrogen (secondary N) is 2. The van der Waals surface area contributed by atoms with Crippen LogP contribution >= 0.6 is 0 Å². The number of nitrogens with zero attached hydrogens (tertiary/aromatic N) is 1. The van der Waals surface area contributed by atoms with Gasteiger partial charge in [0.1, 0.15) is 0 Å². The maximum Gasteiger partial charge on any atom is 0.258 e. The van der Waals surface area contributed by atoms with E-state index >= 15 is 0 Å². The zero-order valence-corrected chi connectivity index (χ0v) is 20.6. The summed E-state index contributed by atoms with van der Waals surface area (Å²) in [5, 5.41) is 2.88. The van der Waals surface area contributed by atoms with Crippen LogP contribution in [0.3, 0.4) is 0 Å². The lowest BCUT2D eigenvalue weighted by Gasteiger charge is -2.21. The lowest BCUT2D eigenvalue weighted by Crippen LogP contribution is -2.30. The second-order valence-electron chi connectivity index (χ2n) is 8.68. The molecule has 35 heavy (non-hydrogen) atoms. The molecule has 3 aromatic rings. The minimum atomic E-state index is -3.52. The van der Waals surface area contributed by atoms with Crippen molar-refractivity contribution >= 4 is 33.2 Å². The summed E-state index contributed by atoms with van der Waals surface area (Å²) in [5.74, 6) is -0.329. The fraction of sp³-hybridized carbons (Fsp3) is 0.259. The first-order chi connectivity index (χ1) is 16.8. The first kappa shape index (κ1) is 24.6. The molecule has 186 valence electrons. The Morgan fingerprint density at radius 2 is 1.69 bits per heavy atom. The van der Waals surface area contributed by atoms with E-state index in [1.807, 2.05) is 44.2 Å². The third-order valence-electron chi connectivity index (χ3n) is 5.87. The summed E-state index contributed by atoms with van der Waals surface area (Å²) in [7, 11) is -3.52. The van der Waals surface area contributed by atoms with E-state index in [-0.39, 0.29) is 32.0 Å². The van der Waals surface area contributed by atoms with Crippen molar-refractivity contribution in [2.75, 3.05) is 16.8 Å². The first-order valence-electron chi connectivity index (χ1n) is 11.7. The Kier molecular flexibility index (Phi) is 7.33. The van der Waals surface area contributed by atoms with Gasteiger partial charge in [0.05, 0.1) is 11.3 Å². The SMILES string of the molecule is CCN(C(=O)c1ccc(NC(=O)Cc2ccc(S(=O)(=O)NC3CC3)cc2)c(C)c1)c1ccccc1.[HH].[HH]. The maximum absolute atomic E-state index is 13.1. The van der Waals surface area contributed by atoms with Crippen LogP contribution in [-0.2, 0) is 21.2 Å². The van der Waals surface area contributed by atoms with Crippen LogP contribution in [-0.4, -0.2) is 32.8 Å². The molecule has 2 N–H and O–H groups in total. The number of sulfonamides is 1. The van der Waals surface area contributed by atoms with Crippen molar-refractivity contribution in [2.45, 2.75) is 44.0 Å². The van der Waals surface area contributed by atoms with Gasteiger partial charge < -0.3 is 10.2 Å². The van der Waals surface area contributed by atoms with Crippen molar-refractivity contribution < 1.29 is 20.9 Å². The number of carbonyl (C=O) groups excluding carboxylic acids is 2. The van der Waals surface area contributed by atoms with Gasteiger partial charge >= 0.3 is 0 Å². The number of para-hydroxylation sites is 1. The van der Waals surface area contributed by atoms with Crippen molar-refractivity contribution in [1.82, 2.24) is 4.72 Å². The van der Waals surface area contributed by atoms with E-state index in [9.17, 15) is 18.0 Å². The Morgan fingerprint density at radius 1 is 1.00 bits per heavy atom. The van der Waals surface area contributed by atoms with Crippen LogP contribution in [0.15, 0.2) is 77.7 Å². The highest BCUT2D eigenvalue weighted by Crippen LogP contribution is 2.23. The van der Waals surface area contributed by atoms with E-state index in [0.29, 0.717) is 23.4 Å². The average Bonchev–Trinajstić information content (AvgIpc) is 3.65. The van der Waals surface area contributed by atoms with Gasteiger partial charge in [-0.1, -0.05) is 30.3 Å². The molecule has 0 atom stereocenters. The van der Waals surface area contributed by atoms with Crippen LogP contribution in [0.25, 0.3) is 0 Å². The molecule has 1 saturated carbocycles. The molecule has 0 saturated heterocycles. The molecule has 1 fully saturated rings. The van der Waals surface area contributed by atoms with Crippen LogP contribution in [0, 0.1) is 6.92 Å².